The van der Waals surface area contributed by atoms with Crippen molar-refractivity contribution in [2.24, 2.45) is 0 Å². The van der Waals surface area contributed by atoms with Gasteiger partial charge in [-0.05, 0) is 57.9 Å². The van der Waals surface area contributed by atoms with E-state index in [2.05, 4.69) is 21.2 Å². The van der Waals surface area contributed by atoms with Gasteiger partial charge in [-0.3, -0.25) is 14.9 Å². The Hall–Kier alpha value is -3.96. The zero-order valence-corrected chi connectivity index (χ0v) is 17.0. The number of para-hydroxylation sites is 1. The zero-order valence-electron chi connectivity index (χ0n) is 15.4. The maximum atomic E-state index is 12.5. The largest absolute Gasteiger partial charge is 0.457 e. The molecule has 0 aromatic heterocycles. The monoisotopic (exact) mass is 463 g/mol. The highest BCUT2D eigenvalue weighted by Gasteiger charge is 2.14. The van der Waals surface area contributed by atoms with Crippen molar-refractivity contribution in [2.45, 2.75) is 0 Å². The second-order valence-electron chi connectivity index (χ2n) is 6.03. The van der Waals surface area contributed by atoms with Crippen LogP contribution in [0.4, 0.5) is 11.4 Å². The third-order valence-electron chi connectivity index (χ3n) is 3.92. The second-order valence-corrected chi connectivity index (χ2v) is 6.89. The van der Waals surface area contributed by atoms with Crippen molar-refractivity contribution in [3.05, 3.63) is 98.5 Å². The fraction of sp³-hybridized carbons (Fsp3) is 0. The molecule has 0 aliphatic heterocycles. The number of nitro groups is 1. The summed E-state index contributed by atoms with van der Waals surface area (Å²) in [7, 11) is 0. The van der Waals surface area contributed by atoms with Gasteiger partial charge in [0.15, 0.2) is 0 Å². The van der Waals surface area contributed by atoms with Crippen LogP contribution >= 0.6 is 15.9 Å². The summed E-state index contributed by atoms with van der Waals surface area (Å²) in [5, 5.41) is 22.8. The Kier molecular flexibility index (Phi) is 6.57. The smallest absolute Gasteiger partial charge is 0.270 e. The van der Waals surface area contributed by atoms with Crippen LogP contribution in [0.3, 0.4) is 0 Å². The van der Waals surface area contributed by atoms with Crippen molar-refractivity contribution in [3.63, 3.8) is 0 Å². The lowest BCUT2D eigenvalue weighted by atomic mass is 10.1. The maximum Gasteiger partial charge on any atom is 0.270 e. The molecule has 8 heteroatoms. The molecule has 0 bridgehead atoms. The van der Waals surface area contributed by atoms with Crippen LogP contribution in [-0.2, 0) is 4.79 Å². The van der Waals surface area contributed by atoms with Gasteiger partial charge in [-0.15, -0.1) is 0 Å². The van der Waals surface area contributed by atoms with Gasteiger partial charge in [0.05, 0.1) is 10.6 Å². The minimum atomic E-state index is -0.638. The van der Waals surface area contributed by atoms with Crippen LogP contribution in [0.25, 0.3) is 6.08 Å². The Labute approximate surface area is 180 Å². The lowest BCUT2D eigenvalue weighted by Crippen LogP contribution is -2.13. The molecule has 0 saturated carbocycles. The minimum absolute atomic E-state index is 0.119. The van der Waals surface area contributed by atoms with Gasteiger partial charge < -0.3 is 10.1 Å². The molecular weight excluding hydrogens is 450 g/mol. The molecule has 3 aromatic carbocycles. The first-order chi connectivity index (χ1) is 14.5. The Morgan fingerprint density at radius 2 is 1.80 bits per heavy atom. The lowest BCUT2D eigenvalue weighted by Gasteiger charge is -2.08. The first-order valence-corrected chi connectivity index (χ1v) is 9.45. The summed E-state index contributed by atoms with van der Waals surface area (Å²) in [6.07, 6.45) is 1.44. The number of benzene rings is 3. The van der Waals surface area contributed by atoms with Crippen molar-refractivity contribution in [1.82, 2.24) is 0 Å². The summed E-state index contributed by atoms with van der Waals surface area (Å²) in [4.78, 5) is 22.8. The Morgan fingerprint density at radius 1 is 1.07 bits per heavy atom. The fourth-order valence-electron chi connectivity index (χ4n) is 2.52. The molecule has 148 valence electrons. The number of hydrogen-bond acceptors (Lipinski definition) is 5. The van der Waals surface area contributed by atoms with E-state index in [0.29, 0.717) is 27.2 Å². The molecule has 0 aliphatic carbocycles. The van der Waals surface area contributed by atoms with E-state index < -0.39 is 10.8 Å². The molecule has 30 heavy (non-hydrogen) atoms. The number of carbonyl (C=O) groups excluding carboxylic acids is 1. The Bertz CT molecular complexity index is 1170. The molecule has 0 heterocycles. The molecule has 1 amide bonds. The quantitative estimate of drug-likeness (QED) is 0.218. The molecule has 3 rings (SSSR count). The number of non-ortho nitro benzene ring substituents is 1. The molecular formula is C22H14BrN3O4. The van der Waals surface area contributed by atoms with Crippen LogP contribution < -0.4 is 10.1 Å². The molecule has 0 spiro atoms. The Morgan fingerprint density at radius 3 is 2.47 bits per heavy atom. The van der Waals surface area contributed by atoms with Crippen LogP contribution in [-0.4, -0.2) is 10.8 Å². The second kappa shape index (κ2) is 9.49. The van der Waals surface area contributed by atoms with Gasteiger partial charge in [0.1, 0.15) is 23.1 Å². The summed E-state index contributed by atoms with van der Waals surface area (Å²) in [5.41, 5.74) is 0.675. The van der Waals surface area contributed by atoms with Gasteiger partial charge in [0.2, 0.25) is 0 Å². The van der Waals surface area contributed by atoms with Gasteiger partial charge in [-0.1, -0.05) is 30.3 Å². The van der Waals surface area contributed by atoms with E-state index in [4.69, 9.17) is 4.74 Å². The number of halogens is 1. The maximum absolute atomic E-state index is 12.5. The number of nitrogens with one attached hydrogen (secondary N) is 1. The van der Waals surface area contributed by atoms with Crippen molar-refractivity contribution < 1.29 is 14.5 Å². The van der Waals surface area contributed by atoms with Crippen molar-refractivity contribution >= 4 is 39.3 Å². The molecule has 0 aliphatic rings. The number of rotatable bonds is 6. The van der Waals surface area contributed by atoms with E-state index in [0.717, 1.165) is 0 Å². The third-order valence-corrected chi connectivity index (χ3v) is 4.58. The van der Waals surface area contributed by atoms with Crippen LogP contribution in [0, 0.1) is 21.4 Å². The first-order valence-electron chi connectivity index (χ1n) is 8.66. The highest BCUT2D eigenvalue weighted by atomic mass is 79.9. The molecule has 1 N–H and O–H groups in total. The normalized spacial score (nSPS) is 10.7. The first kappa shape index (κ1) is 20.8. The number of hydrogen-bond donors (Lipinski definition) is 1. The van der Waals surface area contributed by atoms with Crippen LogP contribution in [0.15, 0.2) is 82.8 Å². The molecule has 0 saturated heterocycles. The van der Waals surface area contributed by atoms with E-state index in [1.54, 1.807) is 24.3 Å². The van der Waals surface area contributed by atoms with Crippen molar-refractivity contribution in [3.8, 4) is 17.6 Å². The number of ether oxygens (including phenoxy) is 1. The van der Waals surface area contributed by atoms with E-state index in [1.165, 1.54) is 24.3 Å². The van der Waals surface area contributed by atoms with Gasteiger partial charge in [0, 0.05) is 16.6 Å². The highest BCUT2D eigenvalue weighted by Crippen LogP contribution is 2.28. The molecule has 7 nitrogen and oxygen atoms in total. The summed E-state index contributed by atoms with van der Waals surface area (Å²) >= 11 is 3.18. The number of amides is 1. The number of nitriles is 1. The van der Waals surface area contributed by atoms with E-state index >= 15 is 0 Å². The third kappa shape index (κ3) is 5.31. The fourth-order valence-corrected chi connectivity index (χ4v) is 2.98. The minimum Gasteiger partial charge on any atom is -0.457 e. The molecule has 0 radical (unpaired) electrons. The predicted molar refractivity (Wildman–Crippen MR) is 116 cm³/mol. The standard InChI is InChI=1S/C22H14BrN3O4/c23-20-13-17(26(28)29)9-10-21(20)25-22(27)16(14-24)11-15-5-4-8-19(12-15)30-18-6-2-1-3-7-18/h1-13H,(H,25,27)/b16-11+. The van der Waals surface area contributed by atoms with E-state index in [1.807, 2.05) is 36.4 Å². The van der Waals surface area contributed by atoms with Gasteiger partial charge >= 0.3 is 0 Å². The summed E-state index contributed by atoms with van der Waals surface area (Å²) < 4.78 is 6.10. The number of carbonyl (C=O) groups is 1. The van der Waals surface area contributed by atoms with E-state index in [9.17, 15) is 20.2 Å². The molecule has 0 fully saturated rings. The number of anilines is 1. The Balaban J connectivity index is 1.78. The topological polar surface area (TPSA) is 105 Å². The predicted octanol–water partition coefficient (Wildman–Crippen LogP) is 5.70. The molecule has 3 aromatic rings. The van der Waals surface area contributed by atoms with Crippen LogP contribution in [0.5, 0.6) is 11.5 Å². The van der Waals surface area contributed by atoms with Gasteiger partial charge in [0.25, 0.3) is 11.6 Å². The van der Waals surface area contributed by atoms with Gasteiger partial charge in [-0.25, -0.2) is 0 Å². The summed E-state index contributed by atoms with van der Waals surface area (Å²) in [5.74, 6) is 0.590. The van der Waals surface area contributed by atoms with Crippen LogP contribution in [0.2, 0.25) is 0 Å². The average molecular weight is 464 g/mol. The van der Waals surface area contributed by atoms with Crippen molar-refractivity contribution in [1.29, 1.82) is 5.26 Å². The number of nitrogens with zero attached hydrogens (tertiary/aromatic N) is 2. The molecule has 0 unspecified atom stereocenters. The molecule has 0 atom stereocenters. The zero-order chi connectivity index (χ0) is 21.5. The summed E-state index contributed by atoms with van der Waals surface area (Å²) in [6, 6.07) is 22.0. The summed E-state index contributed by atoms with van der Waals surface area (Å²) in [6.45, 7) is 0. The van der Waals surface area contributed by atoms with Gasteiger partial charge in [-0.2, -0.15) is 5.26 Å². The van der Waals surface area contributed by atoms with E-state index in [-0.39, 0.29) is 11.3 Å². The highest BCUT2D eigenvalue weighted by molar-refractivity contribution is 9.10. The van der Waals surface area contributed by atoms with Crippen LogP contribution in [0.1, 0.15) is 5.56 Å². The SMILES string of the molecule is N#C/C(=C\c1cccc(Oc2ccccc2)c1)C(=O)Nc1ccc([N+](=O)[O-])cc1Br. The van der Waals surface area contributed by atoms with Crippen molar-refractivity contribution in [2.75, 3.05) is 5.32 Å². The lowest BCUT2D eigenvalue weighted by molar-refractivity contribution is -0.384. The average Bonchev–Trinajstić information content (AvgIpc) is 2.74. The number of nitro benzene ring substituents is 1.